The number of rotatable bonds is 5. The monoisotopic (exact) mass is 505 g/mol. The first-order valence-electron chi connectivity index (χ1n) is 13.7. The van der Waals surface area contributed by atoms with Crippen LogP contribution >= 0.6 is 11.8 Å². The normalized spacial score (nSPS) is 21.2. The fourth-order valence-corrected chi connectivity index (χ4v) is 7.26. The van der Waals surface area contributed by atoms with E-state index in [1.54, 1.807) is 6.07 Å². The number of anilines is 1. The molecule has 0 radical (unpaired) electrons. The average molecular weight is 506 g/mol. The lowest BCUT2D eigenvalue weighted by molar-refractivity contribution is 0.0697. The standard InChI is InChI=1S/C30H36ClN3O2/c31-33-15-6-7-21(20-33)14-16-32-17-18-34-27-19-23(30(35)36)12-13-24(27)28(22-8-2-1-3-9-22)29(34)25-10-4-5-11-26(25)32/h4-5,10-13,19,21-22H,1-3,6-9,14-18,20H2,(H,35,36). The summed E-state index contributed by atoms with van der Waals surface area (Å²) in [4.78, 5) is 14.4. The van der Waals surface area contributed by atoms with Crippen LogP contribution in [-0.4, -0.2) is 46.2 Å². The number of aromatic nitrogens is 1. The molecule has 1 saturated carbocycles. The van der Waals surface area contributed by atoms with Crippen molar-refractivity contribution in [3.05, 3.63) is 53.6 Å². The van der Waals surface area contributed by atoms with Crippen LogP contribution in [0.5, 0.6) is 0 Å². The van der Waals surface area contributed by atoms with Gasteiger partial charge < -0.3 is 14.6 Å². The Morgan fingerprint density at radius 1 is 0.972 bits per heavy atom. The Bertz CT molecular complexity index is 1260. The highest BCUT2D eigenvalue weighted by Crippen LogP contribution is 2.47. The van der Waals surface area contributed by atoms with Gasteiger partial charge in [-0.1, -0.05) is 43.5 Å². The Kier molecular flexibility index (Phi) is 6.70. The molecule has 0 spiro atoms. The first-order valence-corrected chi connectivity index (χ1v) is 14.1. The Morgan fingerprint density at radius 2 is 1.81 bits per heavy atom. The van der Waals surface area contributed by atoms with Gasteiger partial charge in [-0.2, -0.15) is 0 Å². The molecule has 3 aliphatic rings. The number of piperidine rings is 1. The number of nitrogens with zero attached hydrogens (tertiary/aromatic N) is 3. The van der Waals surface area contributed by atoms with Gasteiger partial charge in [-0.25, -0.2) is 9.21 Å². The summed E-state index contributed by atoms with van der Waals surface area (Å²) in [7, 11) is 0. The predicted molar refractivity (Wildman–Crippen MR) is 147 cm³/mol. The second-order valence-corrected chi connectivity index (χ2v) is 11.4. The van der Waals surface area contributed by atoms with Crippen molar-refractivity contribution in [2.24, 2.45) is 5.92 Å². The molecule has 6 heteroatoms. The third-order valence-electron chi connectivity index (χ3n) is 8.73. The number of aromatic carboxylic acids is 1. The summed E-state index contributed by atoms with van der Waals surface area (Å²) in [6, 6.07) is 14.7. The number of halogens is 1. The molecule has 3 heterocycles. The van der Waals surface area contributed by atoms with Crippen LogP contribution < -0.4 is 4.90 Å². The number of hydrogen-bond acceptors (Lipinski definition) is 3. The Morgan fingerprint density at radius 3 is 2.61 bits per heavy atom. The molecule has 5 nitrogen and oxygen atoms in total. The van der Waals surface area contributed by atoms with E-state index in [1.807, 2.05) is 10.5 Å². The highest BCUT2D eigenvalue weighted by molar-refractivity contribution is 6.13. The van der Waals surface area contributed by atoms with Crippen molar-refractivity contribution >= 4 is 34.3 Å². The van der Waals surface area contributed by atoms with E-state index in [9.17, 15) is 9.90 Å². The molecule has 36 heavy (non-hydrogen) atoms. The minimum absolute atomic E-state index is 0.371. The van der Waals surface area contributed by atoms with Crippen LogP contribution in [0.4, 0.5) is 5.69 Å². The summed E-state index contributed by atoms with van der Waals surface area (Å²) in [6.07, 6.45) is 9.88. The van der Waals surface area contributed by atoms with Gasteiger partial charge in [0, 0.05) is 54.9 Å². The van der Waals surface area contributed by atoms with Crippen molar-refractivity contribution in [2.45, 2.75) is 63.8 Å². The van der Waals surface area contributed by atoms with Crippen LogP contribution in [0.1, 0.15) is 73.2 Å². The maximum atomic E-state index is 11.9. The molecule has 1 atom stereocenters. The Hall–Kier alpha value is -2.50. The lowest BCUT2D eigenvalue weighted by Crippen LogP contribution is -2.33. The molecule has 2 aromatic carbocycles. The summed E-state index contributed by atoms with van der Waals surface area (Å²) in [6.45, 7) is 4.78. The van der Waals surface area contributed by atoms with E-state index in [-0.39, 0.29) is 0 Å². The fraction of sp³-hybridized carbons (Fsp3) is 0.500. The van der Waals surface area contributed by atoms with Gasteiger partial charge in [-0.15, -0.1) is 0 Å². The highest BCUT2D eigenvalue weighted by atomic mass is 35.5. The van der Waals surface area contributed by atoms with E-state index < -0.39 is 5.97 Å². The zero-order chi connectivity index (χ0) is 24.6. The van der Waals surface area contributed by atoms with Crippen LogP contribution in [0.2, 0.25) is 0 Å². The molecule has 0 bridgehead atoms. The maximum Gasteiger partial charge on any atom is 0.335 e. The summed E-state index contributed by atoms with van der Waals surface area (Å²) in [5.74, 6) is 0.315. The van der Waals surface area contributed by atoms with E-state index in [1.165, 1.54) is 72.8 Å². The zero-order valence-corrected chi connectivity index (χ0v) is 21.7. The number of para-hydroxylation sites is 1. The zero-order valence-electron chi connectivity index (χ0n) is 21.0. The van der Waals surface area contributed by atoms with Crippen molar-refractivity contribution < 1.29 is 9.90 Å². The molecular formula is C30H36ClN3O2. The third-order valence-corrected chi connectivity index (χ3v) is 9.04. The fourth-order valence-electron chi connectivity index (χ4n) is 6.95. The molecule has 2 aliphatic heterocycles. The van der Waals surface area contributed by atoms with Gasteiger partial charge in [-0.05, 0) is 79.5 Å². The number of hydrogen-bond donors (Lipinski definition) is 1. The van der Waals surface area contributed by atoms with Crippen LogP contribution in [0.15, 0.2) is 42.5 Å². The number of fused-ring (bicyclic) bond motifs is 5. The van der Waals surface area contributed by atoms with Crippen LogP contribution in [-0.2, 0) is 6.54 Å². The number of carboxylic acid groups (broad SMARTS) is 1. The molecular weight excluding hydrogens is 470 g/mol. The molecule has 1 saturated heterocycles. The quantitative estimate of drug-likeness (QED) is 0.375. The van der Waals surface area contributed by atoms with E-state index in [0.29, 0.717) is 17.4 Å². The molecule has 1 unspecified atom stereocenters. The minimum atomic E-state index is -0.858. The van der Waals surface area contributed by atoms with Crippen molar-refractivity contribution in [1.29, 1.82) is 0 Å². The van der Waals surface area contributed by atoms with Crippen molar-refractivity contribution in [3.63, 3.8) is 0 Å². The van der Waals surface area contributed by atoms with E-state index in [0.717, 1.165) is 44.7 Å². The largest absolute Gasteiger partial charge is 0.478 e. The average Bonchev–Trinajstić information content (AvgIpc) is 3.13. The predicted octanol–water partition coefficient (Wildman–Crippen LogP) is 7.13. The van der Waals surface area contributed by atoms with Gasteiger partial charge in [0.25, 0.3) is 0 Å². The van der Waals surface area contributed by atoms with E-state index in [4.69, 9.17) is 11.8 Å². The van der Waals surface area contributed by atoms with Crippen LogP contribution in [0, 0.1) is 5.92 Å². The first-order chi connectivity index (χ1) is 17.6. The number of carboxylic acids is 1. The van der Waals surface area contributed by atoms with Crippen molar-refractivity contribution in [2.75, 3.05) is 31.1 Å². The van der Waals surface area contributed by atoms with Gasteiger partial charge in [-0.3, -0.25) is 0 Å². The maximum absolute atomic E-state index is 11.9. The summed E-state index contributed by atoms with van der Waals surface area (Å²) in [5, 5.41) is 11.0. The number of carbonyl (C=O) groups is 1. The van der Waals surface area contributed by atoms with Gasteiger partial charge in [0.05, 0.1) is 11.3 Å². The van der Waals surface area contributed by atoms with Crippen LogP contribution in [0.25, 0.3) is 22.2 Å². The van der Waals surface area contributed by atoms with Crippen molar-refractivity contribution in [1.82, 2.24) is 8.99 Å². The van der Waals surface area contributed by atoms with Crippen LogP contribution in [0.3, 0.4) is 0 Å². The lowest BCUT2D eigenvalue weighted by atomic mass is 9.81. The second kappa shape index (κ2) is 10.1. The Balaban J connectivity index is 1.44. The van der Waals surface area contributed by atoms with Gasteiger partial charge in [0.2, 0.25) is 0 Å². The van der Waals surface area contributed by atoms with Gasteiger partial charge in [0.1, 0.15) is 0 Å². The van der Waals surface area contributed by atoms with Gasteiger partial charge >= 0.3 is 5.97 Å². The molecule has 2 fully saturated rings. The third kappa shape index (κ3) is 4.41. The SMILES string of the molecule is O=C(O)c1ccc2c(C3CCCCC3)c3n(c2c1)CCN(CCC1CCCN(Cl)C1)c1ccccc1-3. The summed E-state index contributed by atoms with van der Waals surface area (Å²) >= 11 is 6.34. The molecule has 0 amide bonds. The van der Waals surface area contributed by atoms with E-state index >= 15 is 0 Å². The molecule has 1 aliphatic carbocycles. The molecule has 190 valence electrons. The summed E-state index contributed by atoms with van der Waals surface area (Å²) in [5.41, 5.74) is 6.82. The summed E-state index contributed by atoms with van der Waals surface area (Å²) < 4.78 is 4.39. The molecule has 6 rings (SSSR count). The number of benzene rings is 2. The molecule has 3 aromatic rings. The van der Waals surface area contributed by atoms with E-state index in [2.05, 4.69) is 39.8 Å². The first kappa shape index (κ1) is 23.9. The minimum Gasteiger partial charge on any atom is -0.478 e. The molecule has 1 N–H and O–H groups in total. The molecule has 1 aromatic heterocycles. The van der Waals surface area contributed by atoms with Crippen molar-refractivity contribution in [3.8, 4) is 11.3 Å². The van der Waals surface area contributed by atoms with Gasteiger partial charge in [0.15, 0.2) is 0 Å². The lowest BCUT2D eigenvalue weighted by Gasteiger charge is -2.31. The highest BCUT2D eigenvalue weighted by Gasteiger charge is 2.31. The topological polar surface area (TPSA) is 48.7 Å². The Labute approximate surface area is 218 Å². The second-order valence-electron chi connectivity index (χ2n) is 11.0. The smallest absolute Gasteiger partial charge is 0.335 e.